The quantitative estimate of drug-likeness (QED) is 0.829. The molecular formula is C13H14O2. The molecule has 2 aromatic carbocycles. The molecule has 78 valence electrons. The summed E-state index contributed by atoms with van der Waals surface area (Å²) in [6.45, 7) is 2.57. The van der Waals surface area contributed by atoms with E-state index < -0.39 is 0 Å². The van der Waals surface area contributed by atoms with Gasteiger partial charge in [0.15, 0.2) is 0 Å². The predicted molar refractivity (Wildman–Crippen MR) is 61.0 cm³/mol. The van der Waals surface area contributed by atoms with Crippen molar-refractivity contribution >= 4 is 10.8 Å². The van der Waals surface area contributed by atoms with Gasteiger partial charge in [-0.3, -0.25) is 0 Å². The molecule has 0 aliphatic carbocycles. The molecule has 0 atom stereocenters. The first kappa shape index (κ1) is 9.99. The molecule has 0 aromatic heterocycles. The first-order valence-electron chi connectivity index (χ1n) is 5.11. The molecule has 0 heterocycles. The average molecular weight is 202 g/mol. The van der Waals surface area contributed by atoms with E-state index in [1.807, 2.05) is 43.3 Å². The van der Waals surface area contributed by atoms with Crippen LogP contribution < -0.4 is 4.74 Å². The van der Waals surface area contributed by atoms with E-state index in [9.17, 15) is 5.11 Å². The highest BCUT2D eigenvalue weighted by Gasteiger charge is 2.06. The largest absolute Gasteiger partial charge is 0.493 e. The predicted octanol–water partition coefficient (Wildman–Crippen LogP) is 2.73. The Balaban J connectivity index is 2.64. The van der Waals surface area contributed by atoms with Crippen molar-refractivity contribution in [1.82, 2.24) is 0 Å². The fourth-order valence-electron chi connectivity index (χ4n) is 1.77. The van der Waals surface area contributed by atoms with Crippen molar-refractivity contribution in [3.05, 3.63) is 42.0 Å². The van der Waals surface area contributed by atoms with Gasteiger partial charge in [-0.25, -0.2) is 0 Å². The van der Waals surface area contributed by atoms with Crippen molar-refractivity contribution in [1.29, 1.82) is 0 Å². The van der Waals surface area contributed by atoms with Crippen LogP contribution in [0.15, 0.2) is 36.4 Å². The minimum Gasteiger partial charge on any atom is -0.493 e. The third-order valence-corrected chi connectivity index (χ3v) is 2.46. The Morgan fingerprint density at radius 3 is 2.67 bits per heavy atom. The van der Waals surface area contributed by atoms with Crippen molar-refractivity contribution < 1.29 is 9.84 Å². The maximum Gasteiger partial charge on any atom is 0.125 e. The number of hydrogen-bond acceptors (Lipinski definition) is 2. The van der Waals surface area contributed by atoms with Crippen molar-refractivity contribution in [3.63, 3.8) is 0 Å². The number of ether oxygens (including phenoxy) is 1. The highest BCUT2D eigenvalue weighted by molar-refractivity contribution is 5.87. The Labute approximate surface area is 89.1 Å². The summed E-state index contributed by atoms with van der Waals surface area (Å²) in [7, 11) is 0. The lowest BCUT2D eigenvalue weighted by atomic mass is 10.0. The average Bonchev–Trinajstić information content (AvgIpc) is 2.29. The minimum absolute atomic E-state index is 0.0106. The number of aliphatic hydroxyl groups is 1. The standard InChI is InChI=1S/C13H14O2/c1-2-15-13-8-7-10-5-3-4-6-11(10)12(13)9-14/h3-8,14H,2,9H2,1H3. The summed E-state index contributed by atoms with van der Waals surface area (Å²) in [6.07, 6.45) is 0. The van der Waals surface area contributed by atoms with Gasteiger partial charge in [-0.1, -0.05) is 30.3 Å². The van der Waals surface area contributed by atoms with Crippen LogP contribution in [0, 0.1) is 0 Å². The Morgan fingerprint density at radius 1 is 1.13 bits per heavy atom. The van der Waals surface area contributed by atoms with Crippen molar-refractivity contribution in [2.45, 2.75) is 13.5 Å². The number of rotatable bonds is 3. The van der Waals surface area contributed by atoms with Gasteiger partial charge in [-0.15, -0.1) is 0 Å². The number of hydrogen-bond donors (Lipinski definition) is 1. The Kier molecular flexibility index (Phi) is 2.88. The Hall–Kier alpha value is -1.54. The third kappa shape index (κ3) is 1.81. The van der Waals surface area contributed by atoms with Crippen LogP contribution in [0.5, 0.6) is 5.75 Å². The van der Waals surface area contributed by atoms with Crippen LogP contribution >= 0.6 is 0 Å². The molecule has 0 bridgehead atoms. The summed E-state index contributed by atoms with van der Waals surface area (Å²) in [5.41, 5.74) is 0.870. The second-order valence-electron chi connectivity index (χ2n) is 3.35. The molecule has 0 aliphatic heterocycles. The lowest BCUT2D eigenvalue weighted by Gasteiger charge is -2.11. The molecule has 0 unspecified atom stereocenters. The Morgan fingerprint density at radius 2 is 1.93 bits per heavy atom. The molecule has 0 aliphatic rings. The van der Waals surface area contributed by atoms with E-state index in [1.165, 1.54) is 0 Å². The third-order valence-electron chi connectivity index (χ3n) is 2.46. The first-order valence-corrected chi connectivity index (χ1v) is 5.11. The summed E-state index contributed by atoms with van der Waals surface area (Å²) in [4.78, 5) is 0. The molecule has 0 fully saturated rings. The zero-order chi connectivity index (χ0) is 10.7. The molecule has 2 nitrogen and oxygen atoms in total. The van der Waals surface area contributed by atoms with E-state index in [-0.39, 0.29) is 6.61 Å². The SMILES string of the molecule is CCOc1ccc2ccccc2c1CO. The fraction of sp³-hybridized carbons (Fsp3) is 0.231. The van der Waals surface area contributed by atoms with Gasteiger partial charge in [0.25, 0.3) is 0 Å². The zero-order valence-electron chi connectivity index (χ0n) is 8.73. The number of fused-ring (bicyclic) bond motifs is 1. The van der Waals surface area contributed by atoms with Gasteiger partial charge < -0.3 is 9.84 Å². The van der Waals surface area contributed by atoms with E-state index in [0.29, 0.717) is 6.61 Å². The molecule has 1 N–H and O–H groups in total. The summed E-state index contributed by atoms with van der Waals surface area (Å²) in [5, 5.41) is 11.6. The molecule has 0 saturated heterocycles. The van der Waals surface area contributed by atoms with Crippen molar-refractivity contribution in [2.75, 3.05) is 6.61 Å². The first-order chi connectivity index (χ1) is 7.36. The van der Waals surface area contributed by atoms with Crippen molar-refractivity contribution in [2.24, 2.45) is 0 Å². The zero-order valence-corrected chi connectivity index (χ0v) is 8.73. The van der Waals surface area contributed by atoms with Crippen molar-refractivity contribution in [3.8, 4) is 5.75 Å². The topological polar surface area (TPSA) is 29.5 Å². The van der Waals surface area contributed by atoms with Crippen LogP contribution in [-0.4, -0.2) is 11.7 Å². The van der Waals surface area contributed by atoms with Gasteiger partial charge in [0.05, 0.1) is 13.2 Å². The lowest BCUT2D eigenvalue weighted by molar-refractivity contribution is 0.269. The van der Waals surface area contributed by atoms with Gasteiger partial charge in [0.2, 0.25) is 0 Å². The van der Waals surface area contributed by atoms with E-state index >= 15 is 0 Å². The lowest BCUT2D eigenvalue weighted by Crippen LogP contribution is -1.97. The molecule has 0 saturated carbocycles. The van der Waals surface area contributed by atoms with Gasteiger partial charge in [-0.2, -0.15) is 0 Å². The second kappa shape index (κ2) is 4.32. The minimum atomic E-state index is 0.0106. The Bertz CT molecular complexity index is 463. The number of aliphatic hydroxyl groups excluding tert-OH is 1. The highest BCUT2D eigenvalue weighted by Crippen LogP contribution is 2.27. The van der Waals surface area contributed by atoms with Crippen LogP contribution in [0.3, 0.4) is 0 Å². The molecule has 0 spiro atoms. The van der Waals surface area contributed by atoms with Crippen LogP contribution in [0.4, 0.5) is 0 Å². The summed E-state index contributed by atoms with van der Waals surface area (Å²) < 4.78 is 5.48. The summed E-state index contributed by atoms with van der Waals surface area (Å²) in [6, 6.07) is 11.9. The normalized spacial score (nSPS) is 10.5. The molecule has 2 aromatic rings. The van der Waals surface area contributed by atoms with Crippen LogP contribution in [0.2, 0.25) is 0 Å². The van der Waals surface area contributed by atoms with Gasteiger partial charge in [-0.05, 0) is 23.8 Å². The maximum atomic E-state index is 9.36. The molecule has 2 rings (SSSR count). The van der Waals surface area contributed by atoms with Crippen LogP contribution in [0.1, 0.15) is 12.5 Å². The van der Waals surface area contributed by atoms with Gasteiger partial charge in [0, 0.05) is 5.56 Å². The van der Waals surface area contributed by atoms with Gasteiger partial charge >= 0.3 is 0 Å². The monoisotopic (exact) mass is 202 g/mol. The van der Waals surface area contributed by atoms with E-state index in [1.54, 1.807) is 0 Å². The van der Waals surface area contributed by atoms with Crippen LogP contribution in [0.25, 0.3) is 10.8 Å². The van der Waals surface area contributed by atoms with E-state index in [2.05, 4.69) is 0 Å². The molecule has 2 heteroatoms. The number of benzene rings is 2. The summed E-state index contributed by atoms with van der Waals surface area (Å²) >= 11 is 0. The molecular weight excluding hydrogens is 188 g/mol. The van der Waals surface area contributed by atoms with Crippen LogP contribution in [-0.2, 0) is 6.61 Å². The highest BCUT2D eigenvalue weighted by atomic mass is 16.5. The fourth-order valence-corrected chi connectivity index (χ4v) is 1.77. The molecule has 0 radical (unpaired) electrons. The maximum absolute atomic E-state index is 9.36. The molecule has 0 amide bonds. The van der Waals surface area contributed by atoms with E-state index in [0.717, 1.165) is 22.1 Å². The summed E-state index contributed by atoms with van der Waals surface area (Å²) in [5.74, 6) is 0.777. The second-order valence-corrected chi connectivity index (χ2v) is 3.35. The smallest absolute Gasteiger partial charge is 0.125 e. The van der Waals surface area contributed by atoms with Gasteiger partial charge in [0.1, 0.15) is 5.75 Å². The van der Waals surface area contributed by atoms with E-state index in [4.69, 9.17) is 4.74 Å². The molecule has 15 heavy (non-hydrogen) atoms.